The molecule has 0 aromatic carbocycles. The molecule has 12 heavy (non-hydrogen) atoms. The van der Waals surface area contributed by atoms with Crippen LogP contribution in [0.15, 0.2) is 0 Å². The van der Waals surface area contributed by atoms with Gasteiger partial charge in [0.05, 0.1) is 6.61 Å². The van der Waals surface area contributed by atoms with Crippen LogP contribution in [0.2, 0.25) is 0 Å². The van der Waals surface area contributed by atoms with E-state index >= 15 is 0 Å². The fourth-order valence-corrected chi connectivity index (χ4v) is 1.63. The predicted molar refractivity (Wildman–Crippen MR) is 48.0 cm³/mol. The van der Waals surface area contributed by atoms with E-state index in [1.807, 2.05) is 0 Å². The first-order valence-corrected chi connectivity index (χ1v) is 4.84. The van der Waals surface area contributed by atoms with Crippen LogP contribution in [0.5, 0.6) is 0 Å². The summed E-state index contributed by atoms with van der Waals surface area (Å²) in [7, 11) is 0. The molecule has 1 fully saturated rings. The van der Waals surface area contributed by atoms with Crippen LogP contribution < -0.4 is 0 Å². The van der Waals surface area contributed by atoms with Crippen molar-refractivity contribution in [1.29, 1.82) is 0 Å². The molecule has 0 amide bonds. The summed E-state index contributed by atoms with van der Waals surface area (Å²) < 4.78 is 0. The Balaban J connectivity index is 2.17. The first kappa shape index (κ1) is 9.96. The van der Waals surface area contributed by atoms with Gasteiger partial charge in [-0.15, -0.1) is 0 Å². The Morgan fingerprint density at radius 2 is 1.83 bits per heavy atom. The Hall–Kier alpha value is -0.120. The van der Waals surface area contributed by atoms with E-state index in [4.69, 9.17) is 10.2 Å². The Morgan fingerprint density at radius 3 is 2.25 bits per heavy atom. The molecule has 1 aliphatic carbocycles. The van der Waals surface area contributed by atoms with Gasteiger partial charge in [0, 0.05) is 25.7 Å². The van der Waals surface area contributed by atoms with Crippen LogP contribution in [0, 0.1) is 0 Å². The number of nitrogens with zero attached hydrogens (tertiary/aromatic N) is 1. The summed E-state index contributed by atoms with van der Waals surface area (Å²) in [5.41, 5.74) is 0. The summed E-state index contributed by atoms with van der Waals surface area (Å²) in [5.74, 6) is 0. The van der Waals surface area contributed by atoms with Gasteiger partial charge in [-0.05, 0) is 19.3 Å². The maximum absolute atomic E-state index is 8.80. The lowest BCUT2D eigenvalue weighted by Crippen LogP contribution is -2.42. The maximum Gasteiger partial charge on any atom is 0.0558 e. The smallest absolute Gasteiger partial charge is 0.0558 e. The van der Waals surface area contributed by atoms with Crippen molar-refractivity contribution in [3.63, 3.8) is 0 Å². The minimum Gasteiger partial charge on any atom is -0.396 e. The molecule has 1 rings (SSSR count). The minimum absolute atomic E-state index is 0.238. The van der Waals surface area contributed by atoms with Crippen LogP contribution in [0.1, 0.15) is 25.7 Å². The number of aliphatic hydroxyl groups is 2. The van der Waals surface area contributed by atoms with Crippen LogP contribution >= 0.6 is 0 Å². The normalized spacial score (nSPS) is 18.2. The molecule has 1 aliphatic rings. The summed E-state index contributed by atoms with van der Waals surface area (Å²) in [6.07, 6.45) is 4.69. The molecule has 3 nitrogen and oxygen atoms in total. The third-order valence-electron chi connectivity index (χ3n) is 2.58. The fourth-order valence-electron chi connectivity index (χ4n) is 1.63. The maximum atomic E-state index is 8.80. The third kappa shape index (κ3) is 2.73. The summed E-state index contributed by atoms with van der Waals surface area (Å²) >= 11 is 0. The van der Waals surface area contributed by atoms with E-state index < -0.39 is 0 Å². The highest BCUT2D eigenvalue weighted by Gasteiger charge is 2.23. The molecule has 0 aliphatic heterocycles. The van der Waals surface area contributed by atoms with Crippen LogP contribution in [0.25, 0.3) is 0 Å². The Labute approximate surface area is 74.0 Å². The Kier molecular flexibility index (Phi) is 4.58. The molecule has 0 saturated heterocycles. The van der Waals surface area contributed by atoms with Crippen molar-refractivity contribution in [2.75, 3.05) is 26.3 Å². The quantitative estimate of drug-likeness (QED) is 0.603. The lowest BCUT2D eigenvalue weighted by molar-refractivity contribution is 0.0938. The van der Waals surface area contributed by atoms with Crippen LogP contribution in [-0.4, -0.2) is 47.5 Å². The van der Waals surface area contributed by atoms with E-state index in [1.165, 1.54) is 19.3 Å². The van der Waals surface area contributed by atoms with Crippen LogP contribution in [0.4, 0.5) is 0 Å². The standard InChI is InChI=1S/C9H19NO2/c11-7-2-5-10(6-8-12)9-3-1-4-9/h9,11-12H,1-8H2. The summed E-state index contributed by atoms with van der Waals surface area (Å²) in [5, 5.41) is 17.5. The monoisotopic (exact) mass is 173 g/mol. The van der Waals surface area contributed by atoms with E-state index in [9.17, 15) is 0 Å². The first-order valence-electron chi connectivity index (χ1n) is 4.84. The highest BCUT2D eigenvalue weighted by Crippen LogP contribution is 2.24. The van der Waals surface area contributed by atoms with E-state index in [0.717, 1.165) is 19.5 Å². The average molecular weight is 173 g/mol. The van der Waals surface area contributed by atoms with E-state index in [-0.39, 0.29) is 13.2 Å². The molecule has 2 N–H and O–H groups in total. The van der Waals surface area contributed by atoms with Gasteiger partial charge in [0.2, 0.25) is 0 Å². The van der Waals surface area contributed by atoms with Gasteiger partial charge in [0.25, 0.3) is 0 Å². The van der Waals surface area contributed by atoms with Gasteiger partial charge in [-0.25, -0.2) is 0 Å². The molecule has 0 unspecified atom stereocenters. The van der Waals surface area contributed by atoms with Gasteiger partial charge >= 0.3 is 0 Å². The predicted octanol–water partition coefficient (Wildman–Crippen LogP) is 0.216. The van der Waals surface area contributed by atoms with Gasteiger partial charge in [-0.1, -0.05) is 6.42 Å². The third-order valence-corrected chi connectivity index (χ3v) is 2.58. The van der Waals surface area contributed by atoms with Crippen molar-refractivity contribution in [2.24, 2.45) is 0 Å². The molecule has 0 spiro atoms. The van der Waals surface area contributed by atoms with Crippen molar-refractivity contribution in [1.82, 2.24) is 4.90 Å². The number of hydrogen-bond donors (Lipinski definition) is 2. The van der Waals surface area contributed by atoms with Crippen molar-refractivity contribution >= 4 is 0 Å². The fraction of sp³-hybridized carbons (Fsp3) is 1.00. The van der Waals surface area contributed by atoms with E-state index in [1.54, 1.807) is 0 Å². The van der Waals surface area contributed by atoms with Crippen LogP contribution in [0.3, 0.4) is 0 Å². The molecule has 3 heteroatoms. The molecular formula is C9H19NO2. The number of hydrogen-bond acceptors (Lipinski definition) is 3. The van der Waals surface area contributed by atoms with Crippen molar-refractivity contribution in [3.05, 3.63) is 0 Å². The van der Waals surface area contributed by atoms with Gasteiger partial charge in [0.1, 0.15) is 0 Å². The topological polar surface area (TPSA) is 43.7 Å². The second-order valence-electron chi connectivity index (χ2n) is 3.42. The average Bonchev–Trinajstić information content (AvgIpc) is 1.97. The van der Waals surface area contributed by atoms with Crippen molar-refractivity contribution in [3.8, 4) is 0 Å². The number of aliphatic hydroxyl groups excluding tert-OH is 2. The van der Waals surface area contributed by atoms with Gasteiger partial charge in [-0.2, -0.15) is 0 Å². The minimum atomic E-state index is 0.238. The SMILES string of the molecule is OCCCN(CCO)C1CCC1. The second kappa shape index (κ2) is 5.51. The molecule has 0 bridgehead atoms. The first-order chi connectivity index (χ1) is 5.88. The summed E-state index contributed by atoms with van der Waals surface area (Å²) in [4.78, 5) is 2.29. The Morgan fingerprint density at radius 1 is 1.08 bits per heavy atom. The molecule has 0 radical (unpaired) electrons. The number of rotatable bonds is 6. The molecule has 0 atom stereocenters. The lowest BCUT2D eigenvalue weighted by Gasteiger charge is -2.37. The van der Waals surface area contributed by atoms with Crippen molar-refractivity contribution in [2.45, 2.75) is 31.7 Å². The van der Waals surface area contributed by atoms with Gasteiger partial charge in [0.15, 0.2) is 0 Å². The zero-order valence-electron chi connectivity index (χ0n) is 7.58. The summed E-state index contributed by atoms with van der Waals surface area (Å²) in [6.45, 7) is 2.20. The van der Waals surface area contributed by atoms with Crippen molar-refractivity contribution < 1.29 is 10.2 Å². The van der Waals surface area contributed by atoms with Gasteiger partial charge in [-0.3, -0.25) is 4.90 Å². The molecule has 0 aromatic heterocycles. The van der Waals surface area contributed by atoms with E-state index in [0.29, 0.717) is 6.04 Å². The zero-order valence-corrected chi connectivity index (χ0v) is 7.58. The highest BCUT2D eigenvalue weighted by molar-refractivity contribution is 4.79. The van der Waals surface area contributed by atoms with E-state index in [2.05, 4.69) is 4.90 Å². The summed E-state index contributed by atoms with van der Waals surface area (Å²) in [6, 6.07) is 0.684. The molecule has 0 heterocycles. The molecular weight excluding hydrogens is 154 g/mol. The second-order valence-corrected chi connectivity index (χ2v) is 3.42. The largest absolute Gasteiger partial charge is 0.396 e. The molecule has 0 aromatic rings. The zero-order chi connectivity index (χ0) is 8.81. The Bertz CT molecular complexity index is 115. The lowest BCUT2D eigenvalue weighted by atomic mass is 9.91. The molecule has 72 valence electrons. The van der Waals surface area contributed by atoms with Gasteiger partial charge < -0.3 is 10.2 Å². The highest BCUT2D eigenvalue weighted by atomic mass is 16.3. The molecule has 1 saturated carbocycles. The van der Waals surface area contributed by atoms with Crippen LogP contribution in [-0.2, 0) is 0 Å².